The molecule has 1 aromatic rings. The Kier molecular flexibility index (Phi) is 5.78. The van der Waals surface area contributed by atoms with E-state index in [2.05, 4.69) is 5.32 Å². The van der Waals surface area contributed by atoms with E-state index in [4.69, 9.17) is 0 Å². The van der Waals surface area contributed by atoms with Gasteiger partial charge in [-0.05, 0) is 25.1 Å². The third-order valence-electron chi connectivity index (χ3n) is 2.78. The van der Waals surface area contributed by atoms with E-state index in [-0.39, 0.29) is 0 Å². The average Bonchev–Trinajstić information content (AvgIpc) is 2.36. The lowest BCUT2D eigenvalue weighted by atomic mass is 10.2. The molecule has 0 atom stereocenters. The third kappa shape index (κ3) is 3.31. The van der Waals surface area contributed by atoms with Crippen LogP contribution in [-0.2, 0) is 16.6 Å². The molecule has 1 rings (SSSR count). The first-order valence-electron chi connectivity index (χ1n) is 6.30. The lowest BCUT2D eigenvalue weighted by molar-refractivity contribution is 0.426. The fraction of sp³-hybridized carbons (Fsp3) is 0.538. The van der Waals surface area contributed by atoms with Gasteiger partial charge in [-0.3, -0.25) is 0 Å². The molecule has 0 spiro atoms. The summed E-state index contributed by atoms with van der Waals surface area (Å²) in [5, 5.41) is 3.00. The smallest absolute Gasteiger partial charge is 0.243 e. The Labute approximate surface area is 110 Å². The molecule has 0 aliphatic heterocycles. The van der Waals surface area contributed by atoms with Crippen molar-refractivity contribution in [1.29, 1.82) is 0 Å². The molecular formula is C13H22N2O2S. The number of benzene rings is 1. The molecule has 0 saturated heterocycles. The predicted octanol–water partition coefficient (Wildman–Crippen LogP) is 1.83. The summed E-state index contributed by atoms with van der Waals surface area (Å²) in [5.74, 6) is 0. The Hall–Kier alpha value is -0.910. The van der Waals surface area contributed by atoms with Crippen LogP contribution in [0.2, 0.25) is 0 Å². The highest BCUT2D eigenvalue weighted by atomic mass is 32.2. The standard InChI is InChI=1S/C13H22N2O2S/c1-4-10-15(5-2)18(16,17)13-9-7-6-8-12(13)11-14-3/h6-9,14H,4-5,10-11H2,1-3H3. The summed E-state index contributed by atoms with van der Waals surface area (Å²) in [5.41, 5.74) is 0.814. The van der Waals surface area contributed by atoms with Crippen LogP contribution in [0.15, 0.2) is 29.2 Å². The number of nitrogens with one attached hydrogen (secondary N) is 1. The molecule has 18 heavy (non-hydrogen) atoms. The van der Waals surface area contributed by atoms with Gasteiger partial charge < -0.3 is 5.32 Å². The molecule has 1 N–H and O–H groups in total. The first-order chi connectivity index (χ1) is 8.57. The summed E-state index contributed by atoms with van der Waals surface area (Å²) < 4.78 is 26.6. The molecule has 0 aromatic heterocycles. The molecule has 4 nitrogen and oxygen atoms in total. The van der Waals surface area contributed by atoms with Crippen molar-refractivity contribution in [2.45, 2.75) is 31.7 Å². The van der Waals surface area contributed by atoms with E-state index in [0.29, 0.717) is 24.5 Å². The highest BCUT2D eigenvalue weighted by molar-refractivity contribution is 7.89. The quantitative estimate of drug-likeness (QED) is 0.822. The van der Waals surface area contributed by atoms with Crippen molar-refractivity contribution >= 4 is 10.0 Å². The number of hydrogen-bond acceptors (Lipinski definition) is 3. The molecule has 0 radical (unpaired) electrons. The van der Waals surface area contributed by atoms with E-state index in [1.165, 1.54) is 4.31 Å². The van der Waals surface area contributed by atoms with Crippen molar-refractivity contribution < 1.29 is 8.42 Å². The van der Waals surface area contributed by atoms with E-state index in [0.717, 1.165) is 12.0 Å². The molecule has 5 heteroatoms. The highest BCUT2D eigenvalue weighted by Crippen LogP contribution is 2.20. The molecule has 0 aliphatic carbocycles. The van der Waals surface area contributed by atoms with Gasteiger partial charge in [0.05, 0.1) is 4.90 Å². The van der Waals surface area contributed by atoms with E-state index < -0.39 is 10.0 Å². The lowest BCUT2D eigenvalue weighted by Gasteiger charge is -2.21. The molecule has 0 aliphatic rings. The van der Waals surface area contributed by atoms with Crippen LogP contribution in [-0.4, -0.2) is 32.9 Å². The number of rotatable bonds is 7. The molecule has 0 amide bonds. The van der Waals surface area contributed by atoms with Crippen molar-refractivity contribution in [3.8, 4) is 0 Å². The van der Waals surface area contributed by atoms with Crippen molar-refractivity contribution in [1.82, 2.24) is 9.62 Å². The van der Waals surface area contributed by atoms with Gasteiger partial charge in [0.2, 0.25) is 10.0 Å². The zero-order valence-electron chi connectivity index (χ0n) is 11.3. The first-order valence-corrected chi connectivity index (χ1v) is 7.74. The van der Waals surface area contributed by atoms with Gasteiger partial charge in [-0.1, -0.05) is 32.0 Å². The summed E-state index contributed by atoms with van der Waals surface area (Å²) in [6, 6.07) is 7.16. The zero-order chi connectivity index (χ0) is 13.6. The minimum atomic E-state index is -3.37. The summed E-state index contributed by atoms with van der Waals surface area (Å²) in [7, 11) is -1.56. The van der Waals surface area contributed by atoms with Crippen molar-refractivity contribution in [3.05, 3.63) is 29.8 Å². The van der Waals surface area contributed by atoms with Crippen molar-refractivity contribution in [2.24, 2.45) is 0 Å². The second-order valence-corrected chi connectivity index (χ2v) is 6.04. The molecule has 0 saturated carbocycles. The van der Waals surface area contributed by atoms with Crippen molar-refractivity contribution in [3.63, 3.8) is 0 Å². The fourth-order valence-corrected chi connectivity index (χ4v) is 3.69. The van der Waals surface area contributed by atoms with Gasteiger partial charge in [-0.15, -0.1) is 0 Å². The Morgan fingerprint density at radius 3 is 2.44 bits per heavy atom. The molecule has 0 bridgehead atoms. The Bertz CT molecular complexity index is 472. The van der Waals surface area contributed by atoms with Crippen LogP contribution >= 0.6 is 0 Å². The average molecular weight is 270 g/mol. The summed E-state index contributed by atoms with van der Waals surface area (Å²) in [4.78, 5) is 0.412. The van der Waals surface area contributed by atoms with Crippen LogP contribution in [0, 0.1) is 0 Å². The SMILES string of the molecule is CCCN(CC)S(=O)(=O)c1ccccc1CNC. The predicted molar refractivity (Wildman–Crippen MR) is 73.9 cm³/mol. The highest BCUT2D eigenvalue weighted by Gasteiger charge is 2.24. The van der Waals surface area contributed by atoms with Gasteiger partial charge in [0.25, 0.3) is 0 Å². The van der Waals surface area contributed by atoms with E-state index in [1.54, 1.807) is 12.1 Å². The fourth-order valence-electron chi connectivity index (χ4n) is 1.93. The first kappa shape index (κ1) is 15.1. The second-order valence-electron chi connectivity index (χ2n) is 4.13. The van der Waals surface area contributed by atoms with Crippen LogP contribution in [0.3, 0.4) is 0 Å². The Morgan fingerprint density at radius 1 is 1.22 bits per heavy atom. The summed E-state index contributed by atoms with van der Waals surface area (Å²) >= 11 is 0. The zero-order valence-corrected chi connectivity index (χ0v) is 12.1. The van der Waals surface area contributed by atoms with Gasteiger partial charge in [-0.25, -0.2) is 8.42 Å². The van der Waals surface area contributed by atoms with Crippen molar-refractivity contribution in [2.75, 3.05) is 20.1 Å². The van der Waals surface area contributed by atoms with E-state index >= 15 is 0 Å². The van der Waals surface area contributed by atoms with Crippen LogP contribution in [0.5, 0.6) is 0 Å². The third-order valence-corrected chi connectivity index (χ3v) is 4.86. The summed E-state index contributed by atoms with van der Waals surface area (Å²) in [6.45, 7) is 5.47. The van der Waals surface area contributed by atoms with Crippen LogP contribution in [0.1, 0.15) is 25.8 Å². The molecule has 0 heterocycles. The van der Waals surface area contributed by atoms with Gasteiger partial charge in [0.15, 0.2) is 0 Å². The Morgan fingerprint density at radius 2 is 1.89 bits per heavy atom. The maximum Gasteiger partial charge on any atom is 0.243 e. The topological polar surface area (TPSA) is 49.4 Å². The van der Waals surface area contributed by atoms with Gasteiger partial charge in [0.1, 0.15) is 0 Å². The van der Waals surface area contributed by atoms with Gasteiger partial charge in [-0.2, -0.15) is 4.31 Å². The van der Waals surface area contributed by atoms with Crippen LogP contribution in [0.25, 0.3) is 0 Å². The minimum Gasteiger partial charge on any atom is -0.316 e. The molecule has 0 unspecified atom stereocenters. The normalized spacial score (nSPS) is 12.0. The second kappa shape index (κ2) is 6.87. The van der Waals surface area contributed by atoms with E-state index in [9.17, 15) is 8.42 Å². The largest absolute Gasteiger partial charge is 0.316 e. The lowest BCUT2D eigenvalue weighted by Crippen LogP contribution is -2.32. The molecule has 102 valence electrons. The van der Waals surface area contributed by atoms with Gasteiger partial charge >= 0.3 is 0 Å². The van der Waals surface area contributed by atoms with Crippen LogP contribution < -0.4 is 5.32 Å². The summed E-state index contributed by atoms with van der Waals surface area (Å²) in [6.07, 6.45) is 0.821. The molecule has 1 aromatic carbocycles. The maximum atomic E-state index is 12.5. The maximum absolute atomic E-state index is 12.5. The monoisotopic (exact) mass is 270 g/mol. The van der Waals surface area contributed by atoms with E-state index in [1.807, 2.05) is 33.0 Å². The Balaban J connectivity index is 3.18. The number of hydrogen-bond donors (Lipinski definition) is 1. The number of nitrogens with zero attached hydrogens (tertiary/aromatic N) is 1. The molecular weight excluding hydrogens is 248 g/mol. The van der Waals surface area contributed by atoms with Gasteiger partial charge in [0, 0.05) is 19.6 Å². The molecule has 0 fully saturated rings. The minimum absolute atomic E-state index is 0.412. The van der Waals surface area contributed by atoms with Crippen LogP contribution in [0.4, 0.5) is 0 Å². The number of sulfonamides is 1.